The van der Waals surface area contributed by atoms with Crippen LogP contribution < -0.4 is 0 Å². The number of carbonyl (C=O) groups excluding carboxylic acids is 1. The third-order valence-corrected chi connectivity index (χ3v) is 1.66. The van der Waals surface area contributed by atoms with E-state index in [-0.39, 0.29) is 11.3 Å². The van der Waals surface area contributed by atoms with Gasteiger partial charge >= 0.3 is 5.97 Å². The van der Waals surface area contributed by atoms with Crippen LogP contribution in [0.5, 0.6) is 0 Å². The molecule has 6 nitrogen and oxygen atoms in total. The molecule has 0 saturated carbocycles. The summed E-state index contributed by atoms with van der Waals surface area (Å²) in [4.78, 5) is 30.8. The Morgan fingerprint density at radius 2 is 2.00 bits per heavy atom. The van der Waals surface area contributed by atoms with Gasteiger partial charge in [-0.3, -0.25) is 15.0 Å². The molecule has 0 amide bonds. The number of nitro groups is 1. The Kier molecular flexibility index (Phi) is 3.80. The highest BCUT2D eigenvalue weighted by molar-refractivity contribution is 5.89. The lowest BCUT2D eigenvalue weighted by Crippen LogP contribution is -2.21. The van der Waals surface area contributed by atoms with Gasteiger partial charge in [0, 0.05) is 12.1 Å². The summed E-state index contributed by atoms with van der Waals surface area (Å²) in [6.07, 6.45) is 0. The second kappa shape index (κ2) is 4.92. The van der Waals surface area contributed by atoms with Crippen molar-refractivity contribution in [2.45, 2.75) is 26.4 Å². The fourth-order valence-electron chi connectivity index (χ4n) is 0.957. The van der Waals surface area contributed by atoms with Gasteiger partial charge in [-0.05, 0) is 26.8 Å². The SMILES string of the molecule is CC(C)(C)OOC(=O)c1cccc([N+](=O)[O-])c1. The van der Waals surface area contributed by atoms with Gasteiger partial charge in [-0.1, -0.05) is 6.07 Å². The van der Waals surface area contributed by atoms with Gasteiger partial charge in [0.15, 0.2) is 0 Å². The minimum absolute atomic E-state index is 0.0726. The maximum Gasteiger partial charge on any atom is 0.373 e. The molecule has 0 atom stereocenters. The van der Waals surface area contributed by atoms with Gasteiger partial charge in [0.2, 0.25) is 0 Å². The summed E-state index contributed by atoms with van der Waals surface area (Å²) >= 11 is 0. The van der Waals surface area contributed by atoms with Crippen LogP contribution in [0.25, 0.3) is 0 Å². The first kappa shape index (κ1) is 13.1. The third-order valence-electron chi connectivity index (χ3n) is 1.66. The molecule has 0 spiro atoms. The third kappa shape index (κ3) is 4.20. The van der Waals surface area contributed by atoms with Crippen LogP contribution in [0.15, 0.2) is 24.3 Å². The van der Waals surface area contributed by atoms with Gasteiger partial charge < -0.3 is 0 Å². The molecular formula is C11H13NO5. The number of nitrogens with zero attached hydrogens (tertiary/aromatic N) is 1. The van der Waals surface area contributed by atoms with Crippen LogP contribution in [0.3, 0.4) is 0 Å². The molecular weight excluding hydrogens is 226 g/mol. The van der Waals surface area contributed by atoms with Gasteiger partial charge in [-0.15, -0.1) is 0 Å². The Hall–Kier alpha value is -1.95. The van der Waals surface area contributed by atoms with Crippen molar-refractivity contribution in [3.05, 3.63) is 39.9 Å². The van der Waals surface area contributed by atoms with E-state index < -0.39 is 16.5 Å². The Labute approximate surface area is 98.2 Å². The normalized spacial score (nSPS) is 11.0. The van der Waals surface area contributed by atoms with Crippen molar-refractivity contribution in [3.8, 4) is 0 Å². The van der Waals surface area contributed by atoms with Crippen LogP contribution in [0, 0.1) is 10.1 Å². The minimum atomic E-state index is -0.761. The van der Waals surface area contributed by atoms with Gasteiger partial charge in [-0.25, -0.2) is 4.79 Å². The van der Waals surface area contributed by atoms with E-state index >= 15 is 0 Å². The molecule has 0 aromatic heterocycles. The van der Waals surface area contributed by atoms with Gasteiger partial charge in [0.25, 0.3) is 5.69 Å². The molecule has 6 heteroatoms. The summed E-state index contributed by atoms with van der Waals surface area (Å²) in [5, 5.41) is 10.5. The molecule has 0 fully saturated rings. The molecule has 0 aliphatic carbocycles. The molecule has 17 heavy (non-hydrogen) atoms. The Balaban J connectivity index is 2.76. The zero-order chi connectivity index (χ0) is 13.1. The molecule has 0 aliphatic heterocycles. The molecule has 0 radical (unpaired) electrons. The number of rotatable bonds is 3. The lowest BCUT2D eigenvalue weighted by molar-refractivity contribution is -0.384. The van der Waals surface area contributed by atoms with E-state index in [2.05, 4.69) is 4.89 Å². The minimum Gasteiger partial charge on any atom is -0.292 e. The topological polar surface area (TPSA) is 78.7 Å². The van der Waals surface area contributed by atoms with Crippen molar-refractivity contribution >= 4 is 11.7 Å². The zero-order valence-electron chi connectivity index (χ0n) is 9.80. The van der Waals surface area contributed by atoms with Gasteiger partial charge in [0.05, 0.1) is 10.5 Å². The van der Waals surface area contributed by atoms with Crippen LogP contribution in [0.4, 0.5) is 5.69 Å². The maximum absolute atomic E-state index is 11.5. The van der Waals surface area contributed by atoms with E-state index in [1.165, 1.54) is 18.2 Å². The maximum atomic E-state index is 11.5. The van der Waals surface area contributed by atoms with Crippen LogP contribution >= 0.6 is 0 Å². The molecule has 0 saturated heterocycles. The Bertz CT molecular complexity index is 436. The molecule has 0 heterocycles. The monoisotopic (exact) mass is 239 g/mol. The second-order valence-electron chi connectivity index (χ2n) is 4.37. The highest BCUT2D eigenvalue weighted by Gasteiger charge is 2.18. The fourth-order valence-corrected chi connectivity index (χ4v) is 0.957. The van der Waals surface area contributed by atoms with Gasteiger partial charge in [-0.2, -0.15) is 4.89 Å². The van der Waals surface area contributed by atoms with Crippen molar-refractivity contribution in [1.29, 1.82) is 0 Å². The molecule has 92 valence electrons. The first-order valence-electron chi connectivity index (χ1n) is 4.94. The van der Waals surface area contributed by atoms with Crippen LogP contribution in [0.2, 0.25) is 0 Å². The molecule has 1 aromatic rings. The zero-order valence-corrected chi connectivity index (χ0v) is 9.80. The average Bonchev–Trinajstić information content (AvgIpc) is 2.25. The van der Waals surface area contributed by atoms with Crippen molar-refractivity contribution in [2.75, 3.05) is 0 Å². The van der Waals surface area contributed by atoms with Crippen LogP contribution in [-0.2, 0) is 9.78 Å². The van der Waals surface area contributed by atoms with Crippen molar-refractivity contribution < 1.29 is 19.5 Å². The van der Waals surface area contributed by atoms with E-state index in [1.54, 1.807) is 20.8 Å². The molecule has 0 N–H and O–H groups in total. The predicted molar refractivity (Wildman–Crippen MR) is 59.3 cm³/mol. The molecule has 0 aliphatic rings. The van der Waals surface area contributed by atoms with E-state index in [0.29, 0.717) is 0 Å². The van der Waals surface area contributed by atoms with Crippen molar-refractivity contribution in [2.24, 2.45) is 0 Å². The largest absolute Gasteiger partial charge is 0.373 e. The number of non-ortho nitro benzene ring substituents is 1. The molecule has 0 unspecified atom stereocenters. The average molecular weight is 239 g/mol. The summed E-state index contributed by atoms with van der Waals surface area (Å²) in [5.41, 5.74) is -0.727. The van der Waals surface area contributed by atoms with E-state index in [1.807, 2.05) is 0 Å². The number of hydrogen-bond donors (Lipinski definition) is 0. The quantitative estimate of drug-likeness (QED) is 0.460. The second-order valence-corrected chi connectivity index (χ2v) is 4.37. The number of hydrogen-bond acceptors (Lipinski definition) is 5. The standard InChI is InChI=1S/C11H13NO5/c1-11(2,3)17-16-10(13)8-5-4-6-9(7-8)12(14)15/h4-7H,1-3H3. The lowest BCUT2D eigenvalue weighted by atomic mass is 10.2. The van der Waals surface area contributed by atoms with Crippen LogP contribution in [-0.4, -0.2) is 16.5 Å². The highest BCUT2D eigenvalue weighted by atomic mass is 17.2. The smallest absolute Gasteiger partial charge is 0.292 e. The summed E-state index contributed by atoms with van der Waals surface area (Å²) in [6, 6.07) is 5.25. The van der Waals surface area contributed by atoms with Gasteiger partial charge in [0.1, 0.15) is 5.60 Å². The van der Waals surface area contributed by atoms with E-state index in [0.717, 1.165) is 6.07 Å². The summed E-state index contributed by atoms with van der Waals surface area (Å²) in [7, 11) is 0. The summed E-state index contributed by atoms with van der Waals surface area (Å²) in [5.74, 6) is -0.761. The molecule has 1 rings (SSSR count). The Morgan fingerprint density at radius 1 is 1.35 bits per heavy atom. The van der Waals surface area contributed by atoms with Crippen LogP contribution in [0.1, 0.15) is 31.1 Å². The van der Waals surface area contributed by atoms with Crippen molar-refractivity contribution in [3.63, 3.8) is 0 Å². The first-order chi connectivity index (χ1) is 7.79. The van der Waals surface area contributed by atoms with E-state index in [9.17, 15) is 14.9 Å². The number of carbonyl (C=O) groups is 1. The Morgan fingerprint density at radius 3 is 2.53 bits per heavy atom. The molecule has 0 bridgehead atoms. The predicted octanol–water partition coefficient (Wildman–Crippen LogP) is 2.48. The fraction of sp³-hybridized carbons (Fsp3) is 0.364. The number of nitro benzene ring substituents is 1. The highest BCUT2D eigenvalue weighted by Crippen LogP contribution is 2.15. The number of benzene rings is 1. The first-order valence-corrected chi connectivity index (χ1v) is 4.94. The van der Waals surface area contributed by atoms with E-state index in [4.69, 9.17) is 4.89 Å². The molecule has 1 aromatic carbocycles. The lowest BCUT2D eigenvalue weighted by Gasteiger charge is -2.16. The summed E-state index contributed by atoms with van der Waals surface area (Å²) in [6.45, 7) is 5.15. The van der Waals surface area contributed by atoms with Crippen molar-refractivity contribution in [1.82, 2.24) is 0 Å². The summed E-state index contributed by atoms with van der Waals surface area (Å²) < 4.78 is 0.